The first-order chi connectivity index (χ1) is 11.9. The molecule has 2 aromatic carbocycles. The molecule has 0 heterocycles. The van der Waals surface area contributed by atoms with Gasteiger partial charge in [-0.05, 0) is 43.0 Å². The summed E-state index contributed by atoms with van der Waals surface area (Å²) in [5.74, 6) is -0.778. The van der Waals surface area contributed by atoms with E-state index in [0.717, 1.165) is 16.8 Å². The first-order valence-corrected chi connectivity index (χ1v) is 8.23. The predicted octanol–water partition coefficient (Wildman–Crippen LogP) is 3.47. The number of hydrogen-bond acceptors (Lipinski definition) is 2. The molecule has 0 bridgehead atoms. The van der Waals surface area contributed by atoms with E-state index in [1.807, 2.05) is 32.0 Å². The van der Waals surface area contributed by atoms with Crippen LogP contribution < -0.4 is 5.32 Å². The Kier molecular flexibility index (Phi) is 6.28. The summed E-state index contributed by atoms with van der Waals surface area (Å²) in [5.41, 5.74) is 3.23. The van der Waals surface area contributed by atoms with Gasteiger partial charge in [-0.2, -0.15) is 0 Å². The van der Waals surface area contributed by atoms with E-state index in [1.54, 1.807) is 18.2 Å². The zero-order chi connectivity index (χ0) is 18.4. The maximum absolute atomic E-state index is 13.7. The van der Waals surface area contributed by atoms with Crippen LogP contribution in [0.25, 0.3) is 0 Å². The number of aryl methyl sites for hydroxylation is 2. The van der Waals surface area contributed by atoms with E-state index >= 15 is 0 Å². The predicted molar refractivity (Wildman–Crippen MR) is 96.9 cm³/mol. The molecule has 0 saturated carbocycles. The normalized spacial score (nSPS) is 10.4. The molecule has 0 atom stereocenters. The minimum atomic E-state index is -0.300. The molecule has 0 unspecified atom stereocenters. The number of benzene rings is 2. The largest absolute Gasteiger partial charge is 0.333 e. The number of halogens is 1. The Labute approximate surface area is 147 Å². The first kappa shape index (κ1) is 18.6. The number of hydrogen-bond donors (Lipinski definition) is 1. The van der Waals surface area contributed by atoms with Gasteiger partial charge in [0.25, 0.3) is 0 Å². The molecule has 0 radical (unpaired) electrons. The lowest BCUT2D eigenvalue weighted by molar-refractivity contribution is -0.132. The average Bonchev–Trinajstić information content (AvgIpc) is 2.56. The van der Waals surface area contributed by atoms with Gasteiger partial charge in [-0.15, -0.1) is 0 Å². The van der Waals surface area contributed by atoms with E-state index in [4.69, 9.17) is 0 Å². The van der Waals surface area contributed by atoms with Crippen molar-refractivity contribution in [3.8, 4) is 0 Å². The van der Waals surface area contributed by atoms with Crippen LogP contribution >= 0.6 is 0 Å². The molecule has 0 saturated heterocycles. The molecule has 0 spiro atoms. The van der Waals surface area contributed by atoms with Crippen LogP contribution in [0.3, 0.4) is 0 Å². The van der Waals surface area contributed by atoms with Crippen molar-refractivity contribution in [2.24, 2.45) is 0 Å². The molecule has 4 nitrogen and oxygen atoms in total. The molecule has 0 fully saturated rings. The Hall–Kier alpha value is -2.69. The molecule has 0 aliphatic carbocycles. The highest BCUT2D eigenvalue weighted by Crippen LogP contribution is 2.19. The first-order valence-electron chi connectivity index (χ1n) is 8.23. The third-order valence-corrected chi connectivity index (χ3v) is 4.13. The monoisotopic (exact) mass is 342 g/mol. The van der Waals surface area contributed by atoms with E-state index in [9.17, 15) is 14.0 Å². The molecule has 0 aromatic heterocycles. The van der Waals surface area contributed by atoms with Gasteiger partial charge in [0.2, 0.25) is 11.8 Å². The summed E-state index contributed by atoms with van der Waals surface area (Å²) >= 11 is 0. The van der Waals surface area contributed by atoms with Crippen molar-refractivity contribution >= 4 is 17.5 Å². The molecule has 132 valence electrons. The van der Waals surface area contributed by atoms with Crippen molar-refractivity contribution in [1.29, 1.82) is 0 Å². The fourth-order valence-electron chi connectivity index (χ4n) is 2.67. The van der Waals surface area contributed by atoms with Gasteiger partial charge in [-0.3, -0.25) is 9.59 Å². The summed E-state index contributed by atoms with van der Waals surface area (Å²) in [4.78, 5) is 25.6. The van der Waals surface area contributed by atoms with Crippen LogP contribution in [0.15, 0.2) is 42.5 Å². The van der Waals surface area contributed by atoms with Crippen molar-refractivity contribution in [2.75, 3.05) is 18.4 Å². The molecule has 0 aliphatic rings. The maximum atomic E-state index is 13.7. The number of para-hydroxylation sites is 1. The van der Waals surface area contributed by atoms with Crippen LogP contribution in [0.4, 0.5) is 10.1 Å². The highest BCUT2D eigenvalue weighted by atomic mass is 19.1. The van der Waals surface area contributed by atoms with Gasteiger partial charge >= 0.3 is 0 Å². The van der Waals surface area contributed by atoms with Crippen LogP contribution in [-0.2, 0) is 16.0 Å². The highest BCUT2D eigenvalue weighted by Gasteiger charge is 2.15. The second-order valence-electron chi connectivity index (χ2n) is 6.10. The van der Waals surface area contributed by atoms with Gasteiger partial charge in [0, 0.05) is 19.2 Å². The maximum Gasteiger partial charge on any atom is 0.244 e. The van der Waals surface area contributed by atoms with Crippen molar-refractivity contribution < 1.29 is 14.0 Å². The number of amides is 2. The zero-order valence-corrected chi connectivity index (χ0v) is 14.8. The van der Waals surface area contributed by atoms with Crippen LogP contribution in [0, 0.1) is 19.7 Å². The van der Waals surface area contributed by atoms with Crippen LogP contribution in [0.1, 0.15) is 23.6 Å². The fourth-order valence-corrected chi connectivity index (χ4v) is 2.67. The van der Waals surface area contributed by atoms with E-state index in [0.29, 0.717) is 12.0 Å². The molecule has 2 amide bonds. The van der Waals surface area contributed by atoms with Gasteiger partial charge < -0.3 is 10.2 Å². The minimum Gasteiger partial charge on any atom is -0.333 e. The molecule has 1 N–H and O–H groups in total. The smallest absolute Gasteiger partial charge is 0.244 e. The molecular weight excluding hydrogens is 319 g/mol. The molecule has 2 rings (SSSR count). The summed E-state index contributed by atoms with van der Waals surface area (Å²) in [7, 11) is 0. The van der Waals surface area contributed by atoms with E-state index in [1.165, 1.54) is 17.9 Å². The third-order valence-electron chi connectivity index (χ3n) is 4.13. The lowest BCUT2D eigenvalue weighted by Gasteiger charge is -2.21. The molecular formula is C20H23FN2O2. The number of nitrogens with one attached hydrogen (secondary N) is 1. The minimum absolute atomic E-state index is 0.0580. The van der Waals surface area contributed by atoms with Crippen molar-refractivity contribution in [3.63, 3.8) is 0 Å². The molecule has 5 heteroatoms. The van der Waals surface area contributed by atoms with Crippen LogP contribution in [-0.4, -0.2) is 29.8 Å². The Morgan fingerprint density at radius 2 is 1.68 bits per heavy atom. The number of nitrogens with zero attached hydrogens (tertiary/aromatic N) is 1. The second kappa shape index (κ2) is 8.42. The number of anilines is 1. The fraction of sp³-hybridized carbons (Fsp3) is 0.300. The molecule has 0 aliphatic heterocycles. The molecule has 2 aromatic rings. The highest BCUT2D eigenvalue weighted by molar-refractivity contribution is 5.95. The molecule has 25 heavy (non-hydrogen) atoms. The van der Waals surface area contributed by atoms with E-state index in [2.05, 4.69) is 5.32 Å². The van der Waals surface area contributed by atoms with Crippen molar-refractivity contribution in [2.45, 2.75) is 27.2 Å². The third kappa shape index (κ3) is 5.14. The van der Waals surface area contributed by atoms with Gasteiger partial charge in [0.15, 0.2) is 0 Å². The Balaban J connectivity index is 2.00. The Morgan fingerprint density at radius 1 is 1.04 bits per heavy atom. The SMILES string of the molecule is CC(=O)N(CCc1ccccc1F)CC(=O)Nc1c(C)cccc1C. The lowest BCUT2D eigenvalue weighted by Crippen LogP contribution is -2.38. The summed E-state index contributed by atoms with van der Waals surface area (Å²) in [6.45, 7) is 5.48. The van der Waals surface area contributed by atoms with Gasteiger partial charge in [0.1, 0.15) is 5.82 Å². The second-order valence-corrected chi connectivity index (χ2v) is 6.10. The van der Waals surface area contributed by atoms with Crippen LogP contribution in [0.2, 0.25) is 0 Å². The summed E-state index contributed by atoms with van der Waals surface area (Å²) in [6, 6.07) is 12.2. The number of carbonyl (C=O) groups excluding carboxylic acids is 2. The Morgan fingerprint density at radius 3 is 2.28 bits per heavy atom. The summed E-state index contributed by atoms with van der Waals surface area (Å²) in [5, 5.41) is 2.87. The standard InChI is InChI=1S/C20H23FN2O2/c1-14-7-6-8-15(2)20(14)22-19(25)13-23(16(3)24)12-11-17-9-4-5-10-18(17)21/h4-10H,11-13H2,1-3H3,(H,22,25). The lowest BCUT2D eigenvalue weighted by atomic mass is 10.1. The van der Waals surface area contributed by atoms with Crippen LogP contribution in [0.5, 0.6) is 0 Å². The zero-order valence-electron chi connectivity index (χ0n) is 14.8. The number of carbonyl (C=O) groups is 2. The van der Waals surface area contributed by atoms with Crippen molar-refractivity contribution in [1.82, 2.24) is 4.90 Å². The quantitative estimate of drug-likeness (QED) is 0.874. The van der Waals surface area contributed by atoms with E-state index < -0.39 is 0 Å². The Bertz CT molecular complexity index is 754. The topological polar surface area (TPSA) is 49.4 Å². The van der Waals surface area contributed by atoms with Gasteiger partial charge in [-0.25, -0.2) is 4.39 Å². The summed E-state index contributed by atoms with van der Waals surface area (Å²) < 4.78 is 13.7. The average molecular weight is 342 g/mol. The van der Waals surface area contributed by atoms with E-state index in [-0.39, 0.29) is 30.7 Å². The summed E-state index contributed by atoms with van der Waals surface area (Å²) in [6.07, 6.45) is 0.364. The number of rotatable bonds is 6. The van der Waals surface area contributed by atoms with Gasteiger partial charge in [-0.1, -0.05) is 36.4 Å². The van der Waals surface area contributed by atoms with Crippen molar-refractivity contribution in [3.05, 3.63) is 65.0 Å². The van der Waals surface area contributed by atoms with Gasteiger partial charge in [0.05, 0.1) is 6.54 Å².